The first-order valence-electron chi connectivity index (χ1n) is 15.0. The Labute approximate surface area is 217 Å². The van der Waals surface area contributed by atoms with Crippen LogP contribution >= 0.6 is 0 Å². The van der Waals surface area contributed by atoms with Crippen molar-refractivity contribution in [2.24, 2.45) is 34.5 Å². The Morgan fingerprint density at radius 3 is 2.42 bits per heavy atom. The third kappa shape index (κ3) is 4.46. The number of hydrogen-bond acceptors (Lipinski definition) is 5. The van der Waals surface area contributed by atoms with Crippen LogP contribution in [0.15, 0.2) is 11.6 Å². The van der Waals surface area contributed by atoms with Gasteiger partial charge in [0.15, 0.2) is 0 Å². The lowest BCUT2D eigenvalue weighted by Crippen LogP contribution is -2.68. The molecule has 4 fully saturated rings. The van der Waals surface area contributed by atoms with Crippen LogP contribution in [0.1, 0.15) is 117 Å². The molecule has 0 saturated heterocycles. The maximum absolute atomic E-state index is 13.4. The van der Waals surface area contributed by atoms with Crippen molar-refractivity contribution in [3.63, 3.8) is 0 Å². The molecule has 202 valence electrons. The summed E-state index contributed by atoms with van der Waals surface area (Å²) in [5.41, 5.74) is -0.137. The molecule has 36 heavy (non-hydrogen) atoms. The molecule has 5 nitrogen and oxygen atoms in total. The van der Waals surface area contributed by atoms with Crippen LogP contribution in [0.5, 0.6) is 0 Å². The summed E-state index contributed by atoms with van der Waals surface area (Å²) < 4.78 is 11.7. The van der Waals surface area contributed by atoms with Crippen molar-refractivity contribution in [1.29, 1.82) is 0 Å². The largest absolute Gasteiger partial charge is 0.462 e. The first-order chi connectivity index (χ1) is 17.2. The van der Waals surface area contributed by atoms with Crippen LogP contribution in [-0.2, 0) is 19.1 Å². The highest BCUT2D eigenvalue weighted by Gasteiger charge is 2.67. The molecule has 0 aromatic rings. The molecular weight excluding hydrogens is 452 g/mol. The molecule has 5 rings (SSSR count). The molecule has 0 spiro atoms. The highest BCUT2D eigenvalue weighted by Crippen LogP contribution is 2.67. The average molecular weight is 501 g/mol. The van der Waals surface area contributed by atoms with Crippen molar-refractivity contribution >= 4 is 11.9 Å². The number of fused-ring (bicyclic) bond motifs is 1. The van der Waals surface area contributed by atoms with E-state index >= 15 is 0 Å². The van der Waals surface area contributed by atoms with E-state index in [1.807, 2.05) is 0 Å². The molecule has 0 radical (unpaired) electrons. The van der Waals surface area contributed by atoms with Gasteiger partial charge in [-0.15, -0.1) is 0 Å². The van der Waals surface area contributed by atoms with Crippen LogP contribution in [0.2, 0.25) is 0 Å². The second kappa shape index (κ2) is 10.1. The van der Waals surface area contributed by atoms with E-state index in [1.165, 1.54) is 32.1 Å². The van der Waals surface area contributed by atoms with Gasteiger partial charge in [0.1, 0.15) is 12.7 Å². The van der Waals surface area contributed by atoms with Gasteiger partial charge in [-0.3, -0.25) is 4.79 Å². The normalized spacial score (nSPS) is 42.1. The Morgan fingerprint density at radius 2 is 1.75 bits per heavy atom. The molecule has 1 N–H and O–H groups in total. The highest BCUT2D eigenvalue weighted by molar-refractivity contribution is 5.85. The van der Waals surface area contributed by atoms with Gasteiger partial charge in [-0.2, -0.15) is 0 Å². The molecule has 1 heterocycles. The smallest absolute Gasteiger partial charge is 0.331 e. The van der Waals surface area contributed by atoms with Gasteiger partial charge in [0.25, 0.3) is 0 Å². The number of esters is 2. The van der Waals surface area contributed by atoms with E-state index in [-0.39, 0.29) is 46.6 Å². The molecule has 6 atom stereocenters. The zero-order valence-corrected chi connectivity index (χ0v) is 22.9. The summed E-state index contributed by atoms with van der Waals surface area (Å²) in [6.07, 6.45) is 17.3. The molecule has 0 aromatic heterocycles. The fraction of sp³-hybridized carbons (Fsp3) is 0.871. The van der Waals surface area contributed by atoms with Crippen LogP contribution in [0, 0.1) is 34.5 Å². The van der Waals surface area contributed by atoms with Gasteiger partial charge >= 0.3 is 11.9 Å². The van der Waals surface area contributed by atoms with E-state index in [0.717, 1.165) is 56.9 Å². The quantitative estimate of drug-likeness (QED) is 0.421. The Hall–Kier alpha value is -1.36. The fourth-order valence-corrected chi connectivity index (χ4v) is 9.62. The van der Waals surface area contributed by atoms with Crippen LogP contribution in [-0.4, -0.2) is 35.4 Å². The Bertz CT molecular complexity index is 868. The predicted molar refractivity (Wildman–Crippen MR) is 139 cm³/mol. The second-order valence-corrected chi connectivity index (χ2v) is 13.5. The summed E-state index contributed by atoms with van der Waals surface area (Å²) >= 11 is 0. The zero-order chi connectivity index (χ0) is 25.6. The van der Waals surface area contributed by atoms with Gasteiger partial charge in [0, 0.05) is 17.4 Å². The van der Waals surface area contributed by atoms with E-state index in [4.69, 9.17) is 9.47 Å². The van der Waals surface area contributed by atoms with Crippen LogP contribution in [0.25, 0.3) is 0 Å². The molecular formula is C31H48O5. The topological polar surface area (TPSA) is 72.8 Å². The molecule has 5 aliphatic rings. The number of hydrogen-bond donors (Lipinski definition) is 1. The molecule has 0 aromatic carbocycles. The summed E-state index contributed by atoms with van der Waals surface area (Å²) in [6, 6.07) is 0. The standard InChI is InChI=1S/C31H48O5/c1-21-18-25(36-28(33)23-10-5-4-6-11-23)27-29(2,24-12-7-8-13-24)15-9-16-30(27,3)31(21,34)17-14-22-19-26(32)35-20-22/h19,21,23-25,27,34H,4-18,20H2,1-3H3. The molecule has 4 saturated carbocycles. The van der Waals surface area contributed by atoms with Gasteiger partial charge in [-0.1, -0.05) is 59.3 Å². The summed E-state index contributed by atoms with van der Waals surface area (Å²) in [7, 11) is 0. The lowest BCUT2D eigenvalue weighted by Gasteiger charge is -2.66. The van der Waals surface area contributed by atoms with E-state index in [9.17, 15) is 14.7 Å². The minimum Gasteiger partial charge on any atom is -0.462 e. The second-order valence-electron chi connectivity index (χ2n) is 13.5. The third-order valence-electron chi connectivity index (χ3n) is 11.6. The number of carbonyl (C=O) groups is 2. The monoisotopic (exact) mass is 500 g/mol. The predicted octanol–water partition coefficient (Wildman–Crippen LogP) is 6.52. The SMILES string of the molecule is CC1CC(OC(=O)C2CCCCC2)C2C(C)(C3CCCC3)CCCC2(C)C1(O)CCC1=CC(=O)OC1. The third-order valence-corrected chi connectivity index (χ3v) is 11.6. The number of carbonyl (C=O) groups excluding carboxylic acids is 2. The van der Waals surface area contributed by atoms with Crippen molar-refractivity contribution in [1.82, 2.24) is 0 Å². The summed E-state index contributed by atoms with van der Waals surface area (Å²) in [4.78, 5) is 25.1. The zero-order valence-electron chi connectivity index (χ0n) is 22.9. The fourth-order valence-electron chi connectivity index (χ4n) is 9.62. The van der Waals surface area contributed by atoms with Crippen LogP contribution in [0.4, 0.5) is 0 Å². The van der Waals surface area contributed by atoms with Gasteiger partial charge in [0.2, 0.25) is 0 Å². The van der Waals surface area contributed by atoms with E-state index < -0.39 is 5.60 Å². The maximum Gasteiger partial charge on any atom is 0.331 e. The van der Waals surface area contributed by atoms with Crippen LogP contribution in [0.3, 0.4) is 0 Å². The highest BCUT2D eigenvalue weighted by atomic mass is 16.5. The summed E-state index contributed by atoms with van der Waals surface area (Å²) in [6.45, 7) is 7.29. The Morgan fingerprint density at radius 1 is 1.06 bits per heavy atom. The molecule has 4 aliphatic carbocycles. The Kier molecular flexibility index (Phi) is 7.35. The number of ether oxygens (including phenoxy) is 2. The minimum absolute atomic E-state index is 0.0193. The number of rotatable bonds is 6. The first kappa shape index (κ1) is 26.3. The van der Waals surface area contributed by atoms with Crippen molar-refractivity contribution in [2.45, 2.75) is 129 Å². The van der Waals surface area contributed by atoms with E-state index in [2.05, 4.69) is 20.8 Å². The van der Waals surface area contributed by atoms with Gasteiger partial charge in [-0.05, 0) is 80.6 Å². The van der Waals surface area contributed by atoms with E-state index in [0.29, 0.717) is 25.4 Å². The van der Waals surface area contributed by atoms with Crippen LogP contribution < -0.4 is 0 Å². The van der Waals surface area contributed by atoms with Crippen molar-refractivity contribution < 1.29 is 24.2 Å². The van der Waals surface area contributed by atoms with E-state index in [1.54, 1.807) is 6.08 Å². The van der Waals surface area contributed by atoms with Gasteiger partial charge in [-0.25, -0.2) is 4.79 Å². The first-order valence-corrected chi connectivity index (χ1v) is 15.0. The molecule has 5 heteroatoms. The number of aliphatic hydroxyl groups is 1. The Balaban J connectivity index is 1.46. The summed E-state index contributed by atoms with van der Waals surface area (Å²) in [5, 5.41) is 12.6. The maximum atomic E-state index is 13.4. The molecule has 6 unspecified atom stereocenters. The minimum atomic E-state index is -0.863. The molecule has 0 bridgehead atoms. The molecule has 0 amide bonds. The van der Waals surface area contributed by atoms with Gasteiger partial charge < -0.3 is 14.6 Å². The summed E-state index contributed by atoms with van der Waals surface area (Å²) in [5.74, 6) is 0.622. The lowest BCUT2D eigenvalue weighted by molar-refractivity contribution is -0.260. The van der Waals surface area contributed by atoms with Crippen molar-refractivity contribution in [2.75, 3.05) is 6.61 Å². The lowest BCUT2D eigenvalue weighted by atomic mass is 9.41. The van der Waals surface area contributed by atoms with Gasteiger partial charge in [0.05, 0.1) is 11.5 Å². The molecule has 1 aliphatic heterocycles. The number of cyclic esters (lactones) is 1. The van der Waals surface area contributed by atoms with Crippen molar-refractivity contribution in [3.05, 3.63) is 11.6 Å². The van der Waals surface area contributed by atoms with Crippen molar-refractivity contribution in [3.8, 4) is 0 Å². The average Bonchev–Trinajstić information content (AvgIpc) is 3.54.